The number of thiol groups is 1. The SMILES string of the molecule is COc1cccc(OC)c1-n1c(S)nnc1C1CCCC1. The number of para-hydroxylation sites is 1. The van der Waals surface area contributed by atoms with Gasteiger partial charge in [-0.2, -0.15) is 0 Å². The zero-order valence-electron chi connectivity index (χ0n) is 12.2. The van der Waals surface area contributed by atoms with Gasteiger partial charge in [-0.05, 0) is 25.0 Å². The first kappa shape index (κ1) is 14.3. The first-order chi connectivity index (χ1) is 10.3. The van der Waals surface area contributed by atoms with Crippen LogP contribution < -0.4 is 9.47 Å². The minimum absolute atomic E-state index is 0.424. The van der Waals surface area contributed by atoms with Gasteiger partial charge in [0, 0.05) is 5.92 Å². The highest BCUT2D eigenvalue weighted by molar-refractivity contribution is 7.80. The monoisotopic (exact) mass is 305 g/mol. The molecule has 21 heavy (non-hydrogen) atoms. The molecule has 0 amide bonds. The van der Waals surface area contributed by atoms with Crippen LogP contribution in [-0.2, 0) is 0 Å². The number of nitrogens with zero attached hydrogens (tertiary/aromatic N) is 3. The third-order valence-electron chi connectivity index (χ3n) is 4.02. The van der Waals surface area contributed by atoms with E-state index in [2.05, 4.69) is 22.8 Å². The summed E-state index contributed by atoms with van der Waals surface area (Å²) in [4.78, 5) is 0. The molecule has 112 valence electrons. The summed E-state index contributed by atoms with van der Waals surface area (Å²) in [6, 6.07) is 5.71. The molecule has 0 N–H and O–H groups in total. The standard InChI is InChI=1S/C15H19N3O2S/c1-19-11-8-5-9-12(20-2)13(11)18-14(16-17-15(18)21)10-6-3-4-7-10/h5,8-10H,3-4,6-7H2,1-2H3,(H,17,21). The molecule has 2 aromatic rings. The molecule has 5 nitrogen and oxygen atoms in total. The fraction of sp³-hybridized carbons (Fsp3) is 0.467. The summed E-state index contributed by atoms with van der Waals surface area (Å²) in [6.07, 6.45) is 4.76. The van der Waals surface area contributed by atoms with E-state index >= 15 is 0 Å². The second-order valence-corrected chi connectivity index (χ2v) is 5.59. The zero-order valence-corrected chi connectivity index (χ0v) is 13.1. The van der Waals surface area contributed by atoms with E-state index in [9.17, 15) is 0 Å². The van der Waals surface area contributed by atoms with E-state index in [1.165, 1.54) is 12.8 Å². The van der Waals surface area contributed by atoms with Crippen molar-refractivity contribution in [3.63, 3.8) is 0 Å². The molecule has 3 rings (SSSR count). The number of hydrogen-bond acceptors (Lipinski definition) is 5. The van der Waals surface area contributed by atoms with Crippen LogP contribution >= 0.6 is 12.6 Å². The lowest BCUT2D eigenvalue weighted by Crippen LogP contribution is -2.08. The Morgan fingerprint density at radius 3 is 2.29 bits per heavy atom. The fourth-order valence-electron chi connectivity index (χ4n) is 3.00. The molecule has 0 bridgehead atoms. The van der Waals surface area contributed by atoms with Crippen LogP contribution in [0.15, 0.2) is 23.4 Å². The van der Waals surface area contributed by atoms with Gasteiger partial charge >= 0.3 is 0 Å². The molecule has 0 atom stereocenters. The van der Waals surface area contributed by atoms with Crippen LogP contribution in [0.25, 0.3) is 5.69 Å². The van der Waals surface area contributed by atoms with Crippen molar-refractivity contribution in [2.75, 3.05) is 14.2 Å². The van der Waals surface area contributed by atoms with Crippen LogP contribution in [0.2, 0.25) is 0 Å². The van der Waals surface area contributed by atoms with Crippen molar-refractivity contribution in [1.82, 2.24) is 14.8 Å². The Labute approximate surface area is 129 Å². The summed E-state index contributed by atoms with van der Waals surface area (Å²) in [5.74, 6) is 2.82. The van der Waals surface area contributed by atoms with Crippen molar-refractivity contribution in [2.45, 2.75) is 36.8 Å². The average Bonchev–Trinajstić information content (AvgIpc) is 3.15. The number of rotatable bonds is 4. The van der Waals surface area contributed by atoms with E-state index < -0.39 is 0 Å². The van der Waals surface area contributed by atoms with Gasteiger partial charge in [-0.25, -0.2) is 0 Å². The molecule has 0 aliphatic heterocycles. The first-order valence-corrected chi connectivity index (χ1v) is 7.56. The highest BCUT2D eigenvalue weighted by Gasteiger charge is 2.27. The minimum Gasteiger partial charge on any atom is -0.494 e. The van der Waals surface area contributed by atoms with Crippen molar-refractivity contribution >= 4 is 12.6 Å². The van der Waals surface area contributed by atoms with Crippen LogP contribution in [0, 0.1) is 0 Å². The summed E-state index contributed by atoms with van der Waals surface area (Å²) >= 11 is 4.47. The number of benzene rings is 1. The largest absolute Gasteiger partial charge is 0.494 e. The van der Waals surface area contributed by atoms with Gasteiger partial charge in [0.2, 0.25) is 0 Å². The van der Waals surface area contributed by atoms with E-state index in [1.54, 1.807) is 14.2 Å². The molecule has 6 heteroatoms. The van der Waals surface area contributed by atoms with Crippen molar-refractivity contribution in [2.24, 2.45) is 0 Å². The molecule has 0 unspecified atom stereocenters. The third kappa shape index (κ3) is 2.48. The normalized spacial score (nSPS) is 15.4. The maximum absolute atomic E-state index is 5.49. The molecule has 0 radical (unpaired) electrons. The molecule has 1 aliphatic carbocycles. The predicted molar refractivity (Wildman–Crippen MR) is 82.9 cm³/mol. The van der Waals surface area contributed by atoms with E-state index in [-0.39, 0.29) is 0 Å². The summed E-state index contributed by atoms with van der Waals surface area (Å²) in [5.41, 5.74) is 0.819. The molecule has 0 saturated heterocycles. The van der Waals surface area contributed by atoms with Crippen LogP contribution in [0.3, 0.4) is 0 Å². The Bertz CT molecular complexity index is 614. The molecule has 0 spiro atoms. The van der Waals surface area contributed by atoms with Gasteiger partial charge in [0.15, 0.2) is 5.16 Å². The molecular formula is C15H19N3O2S. The van der Waals surface area contributed by atoms with Crippen molar-refractivity contribution in [3.05, 3.63) is 24.0 Å². The maximum Gasteiger partial charge on any atom is 0.192 e. The number of ether oxygens (including phenoxy) is 2. The predicted octanol–water partition coefficient (Wildman–Crippen LogP) is 3.23. The summed E-state index contributed by atoms with van der Waals surface area (Å²) in [5, 5.41) is 9.06. The third-order valence-corrected chi connectivity index (χ3v) is 4.31. The van der Waals surface area contributed by atoms with Gasteiger partial charge < -0.3 is 9.47 Å². The van der Waals surface area contributed by atoms with Crippen LogP contribution in [-0.4, -0.2) is 29.0 Å². The van der Waals surface area contributed by atoms with Crippen LogP contribution in [0.1, 0.15) is 37.4 Å². The van der Waals surface area contributed by atoms with Gasteiger partial charge in [-0.1, -0.05) is 18.9 Å². The molecule has 1 aromatic carbocycles. The van der Waals surface area contributed by atoms with Crippen molar-refractivity contribution in [1.29, 1.82) is 0 Å². The number of methoxy groups -OCH3 is 2. The fourth-order valence-corrected chi connectivity index (χ4v) is 3.25. The smallest absolute Gasteiger partial charge is 0.192 e. The van der Waals surface area contributed by atoms with E-state index in [0.717, 1.165) is 35.9 Å². The van der Waals surface area contributed by atoms with Crippen molar-refractivity contribution < 1.29 is 9.47 Å². The molecule has 1 aliphatic rings. The molecule has 1 saturated carbocycles. The Kier molecular flexibility index (Phi) is 4.05. The van der Waals surface area contributed by atoms with Gasteiger partial charge in [0.1, 0.15) is 23.0 Å². The topological polar surface area (TPSA) is 49.2 Å². The molecule has 1 fully saturated rings. The Morgan fingerprint density at radius 2 is 1.71 bits per heavy atom. The molecular weight excluding hydrogens is 286 g/mol. The lowest BCUT2D eigenvalue weighted by molar-refractivity contribution is 0.388. The summed E-state index contributed by atoms with van der Waals surface area (Å²) < 4.78 is 12.9. The van der Waals surface area contributed by atoms with Gasteiger partial charge in [0.05, 0.1) is 14.2 Å². The second-order valence-electron chi connectivity index (χ2n) is 5.19. The lowest BCUT2D eigenvalue weighted by atomic mass is 10.1. The first-order valence-electron chi connectivity index (χ1n) is 7.12. The molecule has 1 heterocycles. The quantitative estimate of drug-likeness (QED) is 0.881. The summed E-state index contributed by atoms with van der Waals surface area (Å²) in [7, 11) is 3.30. The summed E-state index contributed by atoms with van der Waals surface area (Å²) in [6.45, 7) is 0. The van der Waals surface area contributed by atoms with Gasteiger partial charge in [0.25, 0.3) is 0 Å². The van der Waals surface area contributed by atoms with Crippen LogP contribution in [0.4, 0.5) is 0 Å². The lowest BCUT2D eigenvalue weighted by Gasteiger charge is -2.18. The molecule has 1 aromatic heterocycles. The van der Waals surface area contributed by atoms with E-state index in [4.69, 9.17) is 9.47 Å². The Morgan fingerprint density at radius 1 is 1.10 bits per heavy atom. The van der Waals surface area contributed by atoms with E-state index in [1.807, 2.05) is 22.8 Å². The average molecular weight is 305 g/mol. The minimum atomic E-state index is 0.424. The van der Waals surface area contributed by atoms with Gasteiger partial charge in [-0.15, -0.1) is 22.8 Å². The highest BCUT2D eigenvalue weighted by atomic mass is 32.1. The number of hydrogen-bond donors (Lipinski definition) is 1. The Hall–Kier alpha value is -1.69. The van der Waals surface area contributed by atoms with Crippen molar-refractivity contribution in [3.8, 4) is 17.2 Å². The van der Waals surface area contributed by atoms with Gasteiger partial charge in [-0.3, -0.25) is 4.57 Å². The number of aromatic nitrogens is 3. The highest BCUT2D eigenvalue weighted by Crippen LogP contribution is 2.39. The Balaban J connectivity index is 2.18. The van der Waals surface area contributed by atoms with Crippen LogP contribution in [0.5, 0.6) is 11.5 Å². The second kappa shape index (κ2) is 5.97. The zero-order chi connectivity index (χ0) is 14.8. The van der Waals surface area contributed by atoms with E-state index in [0.29, 0.717) is 11.1 Å². The maximum atomic E-state index is 5.49.